The minimum absolute atomic E-state index is 0.424. The van der Waals surface area contributed by atoms with E-state index in [1.54, 1.807) is 24.7 Å². The van der Waals surface area contributed by atoms with Crippen LogP contribution >= 0.6 is 0 Å². The second-order valence-electron chi connectivity index (χ2n) is 5.05. The summed E-state index contributed by atoms with van der Waals surface area (Å²) in [5.41, 5.74) is 22.8. The standard InChI is InChI=1S/C15H17N7/c1-8-13(14(18)11-3-2-4-12(17)22-11)10(16)7-19-15(8)9-5-20-21-6-9/h2-7,14H,16,18H2,1H3,(H2,17,22)(H,20,21). The molecule has 0 fully saturated rings. The SMILES string of the molecule is Cc1c(-c2cn[nH]c2)ncc(N)c1C(N)c1cccc(N)n1. The van der Waals surface area contributed by atoms with E-state index in [1.165, 1.54) is 0 Å². The van der Waals surface area contributed by atoms with Gasteiger partial charge in [0, 0.05) is 17.3 Å². The number of nitrogens with zero attached hydrogens (tertiary/aromatic N) is 3. The molecule has 0 saturated heterocycles. The number of nitrogens with two attached hydrogens (primary N) is 3. The lowest BCUT2D eigenvalue weighted by molar-refractivity contribution is 0.824. The summed E-state index contributed by atoms with van der Waals surface area (Å²) < 4.78 is 0. The zero-order valence-electron chi connectivity index (χ0n) is 12.1. The fourth-order valence-corrected chi connectivity index (χ4v) is 2.52. The van der Waals surface area contributed by atoms with Crippen LogP contribution in [0.4, 0.5) is 11.5 Å². The first-order valence-corrected chi connectivity index (χ1v) is 6.80. The number of aromatic amines is 1. The highest BCUT2D eigenvalue weighted by molar-refractivity contribution is 5.68. The third-order valence-electron chi connectivity index (χ3n) is 3.60. The Bertz CT molecular complexity index is 796. The van der Waals surface area contributed by atoms with E-state index >= 15 is 0 Å². The Hall–Kier alpha value is -2.93. The number of anilines is 2. The fraction of sp³-hybridized carbons (Fsp3) is 0.133. The van der Waals surface area contributed by atoms with Crippen LogP contribution in [0.3, 0.4) is 0 Å². The molecule has 0 spiro atoms. The normalized spacial score (nSPS) is 12.3. The molecular formula is C15H17N7. The summed E-state index contributed by atoms with van der Waals surface area (Å²) in [7, 11) is 0. The molecule has 0 amide bonds. The molecule has 0 radical (unpaired) electrons. The molecule has 7 N–H and O–H groups in total. The molecule has 3 aromatic rings. The van der Waals surface area contributed by atoms with Crippen LogP contribution in [-0.2, 0) is 0 Å². The fourth-order valence-electron chi connectivity index (χ4n) is 2.52. The van der Waals surface area contributed by atoms with Crippen molar-refractivity contribution in [1.82, 2.24) is 20.2 Å². The van der Waals surface area contributed by atoms with E-state index < -0.39 is 6.04 Å². The highest BCUT2D eigenvalue weighted by atomic mass is 15.1. The third-order valence-corrected chi connectivity index (χ3v) is 3.60. The van der Waals surface area contributed by atoms with Crippen LogP contribution in [0.2, 0.25) is 0 Å². The van der Waals surface area contributed by atoms with Gasteiger partial charge in [-0.15, -0.1) is 0 Å². The summed E-state index contributed by atoms with van der Waals surface area (Å²) in [6.07, 6.45) is 5.09. The molecule has 1 atom stereocenters. The van der Waals surface area contributed by atoms with Gasteiger partial charge in [-0.25, -0.2) is 4.98 Å². The molecule has 0 saturated carbocycles. The quantitative estimate of drug-likeness (QED) is 0.577. The first kappa shape index (κ1) is 14.0. The largest absolute Gasteiger partial charge is 0.397 e. The molecule has 0 bridgehead atoms. The summed E-state index contributed by atoms with van der Waals surface area (Å²) in [5, 5.41) is 6.73. The monoisotopic (exact) mass is 295 g/mol. The lowest BCUT2D eigenvalue weighted by Gasteiger charge is -2.18. The second kappa shape index (κ2) is 5.45. The lowest BCUT2D eigenvalue weighted by atomic mass is 9.95. The number of aromatic nitrogens is 4. The van der Waals surface area contributed by atoms with Crippen molar-refractivity contribution >= 4 is 11.5 Å². The van der Waals surface area contributed by atoms with Crippen LogP contribution in [0.25, 0.3) is 11.3 Å². The molecule has 3 heterocycles. The van der Waals surface area contributed by atoms with Crippen molar-refractivity contribution in [3.05, 3.63) is 53.6 Å². The number of H-pyrrole nitrogens is 1. The number of hydrogen-bond donors (Lipinski definition) is 4. The second-order valence-corrected chi connectivity index (χ2v) is 5.05. The maximum absolute atomic E-state index is 6.36. The predicted octanol–water partition coefficient (Wildman–Crippen LogP) is 1.39. The lowest BCUT2D eigenvalue weighted by Crippen LogP contribution is -2.18. The van der Waals surface area contributed by atoms with Gasteiger partial charge < -0.3 is 17.2 Å². The van der Waals surface area contributed by atoms with Gasteiger partial charge in [0.2, 0.25) is 0 Å². The van der Waals surface area contributed by atoms with Crippen molar-refractivity contribution in [2.75, 3.05) is 11.5 Å². The Morgan fingerprint density at radius 1 is 1.18 bits per heavy atom. The summed E-state index contributed by atoms with van der Waals surface area (Å²) >= 11 is 0. The predicted molar refractivity (Wildman–Crippen MR) is 85.6 cm³/mol. The summed E-state index contributed by atoms with van der Waals surface area (Å²) in [5.74, 6) is 0.424. The number of nitrogen functional groups attached to an aromatic ring is 2. The van der Waals surface area contributed by atoms with E-state index in [0.29, 0.717) is 17.2 Å². The van der Waals surface area contributed by atoms with Crippen LogP contribution in [0, 0.1) is 6.92 Å². The van der Waals surface area contributed by atoms with Crippen molar-refractivity contribution in [3.8, 4) is 11.3 Å². The average molecular weight is 295 g/mol. The Morgan fingerprint density at radius 2 is 2.00 bits per heavy atom. The first-order valence-electron chi connectivity index (χ1n) is 6.80. The third kappa shape index (κ3) is 2.38. The molecule has 112 valence electrons. The summed E-state index contributed by atoms with van der Waals surface area (Å²) in [6, 6.07) is 4.90. The minimum Gasteiger partial charge on any atom is -0.397 e. The molecule has 0 aliphatic rings. The van der Waals surface area contributed by atoms with Crippen molar-refractivity contribution in [2.45, 2.75) is 13.0 Å². The molecule has 7 nitrogen and oxygen atoms in total. The van der Waals surface area contributed by atoms with Crippen molar-refractivity contribution in [3.63, 3.8) is 0 Å². The van der Waals surface area contributed by atoms with Gasteiger partial charge in [0.1, 0.15) is 5.82 Å². The number of pyridine rings is 2. The molecular weight excluding hydrogens is 278 g/mol. The van der Waals surface area contributed by atoms with Crippen molar-refractivity contribution in [2.24, 2.45) is 5.73 Å². The van der Waals surface area contributed by atoms with Gasteiger partial charge in [-0.2, -0.15) is 5.10 Å². The first-order chi connectivity index (χ1) is 10.6. The van der Waals surface area contributed by atoms with Gasteiger partial charge in [-0.1, -0.05) is 6.07 Å². The highest BCUT2D eigenvalue weighted by Gasteiger charge is 2.20. The Balaban J connectivity index is 2.12. The van der Waals surface area contributed by atoms with Crippen molar-refractivity contribution < 1.29 is 0 Å². The Labute approximate surface area is 127 Å². The summed E-state index contributed by atoms with van der Waals surface area (Å²) in [4.78, 5) is 8.67. The van der Waals surface area contributed by atoms with Crippen LogP contribution in [0.5, 0.6) is 0 Å². The molecule has 0 aliphatic carbocycles. The highest BCUT2D eigenvalue weighted by Crippen LogP contribution is 2.32. The zero-order valence-corrected chi connectivity index (χ0v) is 12.1. The van der Waals surface area contributed by atoms with E-state index in [2.05, 4.69) is 20.2 Å². The van der Waals surface area contributed by atoms with E-state index in [4.69, 9.17) is 17.2 Å². The zero-order chi connectivity index (χ0) is 15.7. The van der Waals surface area contributed by atoms with Crippen molar-refractivity contribution in [1.29, 1.82) is 0 Å². The Kier molecular flexibility index (Phi) is 3.48. The molecule has 1 unspecified atom stereocenters. The minimum atomic E-state index is -0.475. The van der Waals surface area contributed by atoms with E-state index in [-0.39, 0.29) is 0 Å². The molecule has 7 heteroatoms. The smallest absolute Gasteiger partial charge is 0.123 e. The Morgan fingerprint density at radius 3 is 2.68 bits per heavy atom. The van der Waals surface area contributed by atoms with E-state index in [1.807, 2.05) is 19.1 Å². The van der Waals surface area contributed by atoms with E-state index in [0.717, 1.165) is 22.4 Å². The summed E-state index contributed by atoms with van der Waals surface area (Å²) in [6.45, 7) is 1.94. The average Bonchev–Trinajstić information content (AvgIpc) is 3.01. The van der Waals surface area contributed by atoms with Gasteiger partial charge in [0.25, 0.3) is 0 Å². The van der Waals surface area contributed by atoms with Gasteiger partial charge in [0.05, 0.1) is 35.5 Å². The van der Waals surface area contributed by atoms with Crippen LogP contribution < -0.4 is 17.2 Å². The topological polar surface area (TPSA) is 133 Å². The van der Waals surface area contributed by atoms with Crippen LogP contribution in [0.15, 0.2) is 36.8 Å². The molecule has 0 aromatic carbocycles. The molecule has 3 aromatic heterocycles. The van der Waals surface area contributed by atoms with E-state index in [9.17, 15) is 0 Å². The van der Waals surface area contributed by atoms with Gasteiger partial charge in [0.15, 0.2) is 0 Å². The van der Waals surface area contributed by atoms with Gasteiger partial charge in [-0.05, 0) is 24.6 Å². The molecule has 22 heavy (non-hydrogen) atoms. The number of hydrogen-bond acceptors (Lipinski definition) is 6. The van der Waals surface area contributed by atoms with Gasteiger partial charge >= 0.3 is 0 Å². The van der Waals surface area contributed by atoms with Crippen LogP contribution in [-0.4, -0.2) is 20.2 Å². The maximum Gasteiger partial charge on any atom is 0.123 e. The molecule has 0 aliphatic heterocycles. The number of nitrogens with one attached hydrogen (secondary N) is 1. The van der Waals surface area contributed by atoms with Crippen LogP contribution in [0.1, 0.15) is 22.9 Å². The number of rotatable bonds is 3. The van der Waals surface area contributed by atoms with Gasteiger partial charge in [-0.3, -0.25) is 10.1 Å². The maximum atomic E-state index is 6.36. The molecule has 3 rings (SSSR count).